The zero-order valence-corrected chi connectivity index (χ0v) is 14.0. The predicted molar refractivity (Wildman–Crippen MR) is 96.0 cm³/mol. The summed E-state index contributed by atoms with van der Waals surface area (Å²) in [7, 11) is 1.47. The van der Waals surface area contributed by atoms with E-state index in [9.17, 15) is 19.6 Å². The van der Waals surface area contributed by atoms with E-state index in [4.69, 9.17) is 4.74 Å². The van der Waals surface area contributed by atoms with E-state index >= 15 is 0 Å². The van der Waals surface area contributed by atoms with Gasteiger partial charge >= 0.3 is 0 Å². The van der Waals surface area contributed by atoms with Crippen molar-refractivity contribution in [2.75, 3.05) is 7.11 Å². The van der Waals surface area contributed by atoms with Gasteiger partial charge in [-0.3, -0.25) is 10.1 Å². The van der Waals surface area contributed by atoms with Crippen LogP contribution in [0.1, 0.15) is 11.1 Å². The zero-order valence-electron chi connectivity index (χ0n) is 14.0. The van der Waals surface area contributed by atoms with E-state index < -0.39 is 4.92 Å². The first-order valence-corrected chi connectivity index (χ1v) is 7.87. The Morgan fingerprint density at radius 2 is 1.85 bits per heavy atom. The molecule has 0 spiro atoms. The first-order chi connectivity index (χ1) is 12.5. The van der Waals surface area contributed by atoms with Crippen LogP contribution in [0.5, 0.6) is 11.5 Å². The van der Waals surface area contributed by atoms with E-state index in [-0.39, 0.29) is 17.3 Å². The summed E-state index contributed by atoms with van der Waals surface area (Å²) in [5.74, 6) is 0.0602. The van der Waals surface area contributed by atoms with Crippen molar-refractivity contribution in [1.29, 1.82) is 0 Å². The van der Waals surface area contributed by atoms with E-state index in [1.807, 2.05) is 0 Å². The second-order valence-electron chi connectivity index (χ2n) is 5.76. The van der Waals surface area contributed by atoms with Gasteiger partial charge in [-0.15, -0.1) is 0 Å². The van der Waals surface area contributed by atoms with Crippen LogP contribution in [0.25, 0.3) is 11.1 Å². The Balaban J connectivity index is 2.08. The van der Waals surface area contributed by atoms with Gasteiger partial charge in [-0.25, -0.2) is 4.39 Å². The highest BCUT2D eigenvalue weighted by molar-refractivity contribution is 5.79. The van der Waals surface area contributed by atoms with Crippen molar-refractivity contribution in [1.82, 2.24) is 0 Å². The minimum atomic E-state index is -0.491. The fraction of sp³-hybridized carbons (Fsp3) is 0.100. The van der Waals surface area contributed by atoms with Crippen LogP contribution in [0.4, 0.5) is 10.1 Å². The largest absolute Gasteiger partial charge is 0.507 e. The number of hydrogen-bond acceptors (Lipinski definition) is 4. The number of non-ortho nitro benzene ring substituents is 1. The average molecular weight is 353 g/mol. The minimum Gasteiger partial charge on any atom is -0.507 e. The summed E-state index contributed by atoms with van der Waals surface area (Å²) in [5, 5.41) is 21.8. The zero-order chi connectivity index (χ0) is 18.7. The second-order valence-corrected chi connectivity index (χ2v) is 5.76. The molecule has 3 aromatic rings. The van der Waals surface area contributed by atoms with Crippen molar-refractivity contribution in [3.63, 3.8) is 0 Å². The number of benzene rings is 3. The number of rotatable bonds is 5. The first-order valence-electron chi connectivity index (χ1n) is 7.87. The first kappa shape index (κ1) is 17.4. The second kappa shape index (κ2) is 7.23. The summed E-state index contributed by atoms with van der Waals surface area (Å²) in [6.45, 7) is 0. The standard InChI is InChI=1S/C20H16FNO4/c1-26-18-10-7-15(11-13-5-8-16(21)9-6-13)20(23)19(18)14-3-2-4-17(12-14)22(24)25/h2-10,12,23H,11H2,1H3. The van der Waals surface area contributed by atoms with Crippen LogP contribution in [-0.2, 0) is 6.42 Å². The van der Waals surface area contributed by atoms with Crippen molar-refractivity contribution in [2.45, 2.75) is 6.42 Å². The van der Waals surface area contributed by atoms with Crippen LogP contribution in [0.3, 0.4) is 0 Å². The Bertz CT molecular complexity index is 955. The lowest BCUT2D eigenvalue weighted by Crippen LogP contribution is -1.95. The Labute approximate surface area is 149 Å². The number of nitrogens with zero attached hydrogens (tertiary/aromatic N) is 1. The molecule has 0 aliphatic heterocycles. The quantitative estimate of drug-likeness (QED) is 0.533. The summed E-state index contributed by atoms with van der Waals surface area (Å²) in [4.78, 5) is 10.5. The summed E-state index contributed by atoms with van der Waals surface area (Å²) < 4.78 is 18.4. The van der Waals surface area contributed by atoms with Crippen LogP contribution in [0.15, 0.2) is 60.7 Å². The Morgan fingerprint density at radius 1 is 1.12 bits per heavy atom. The van der Waals surface area contributed by atoms with E-state index in [1.165, 1.54) is 31.4 Å². The van der Waals surface area contributed by atoms with Crippen LogP contribution in [-0.4, -0.2) is 17.1 Å². The van der Waals surface area contributed by atoms with Crippen LogP contribution in [0, 0.1) is 15.9 Å². The van der Waals surface area contributed by atoms with Gasteiger partial charge in [-0.1, -0.05) is 30.3 Å². The molecular weight excluding hydrogens is 337 g/mol. The molecule has 26 heavy (non-hydrogen) atoms. The van der Waals surface area contributed by atoms with Gasteiger partial charge in [0.2, 0.25) is 0 Å². The summed E-state index contributed by atoms with van der Waals surface area (Å²) in [6, 6.07) is 15.4. The molecule has 0 unspecified atom stereocenters. The van der Waals surface area contributed by atoms with Gasteiger partial charge in [0.15, 0.2) is 0 Å². The summed E-state index contributed by atoms with van der Waals surface area (Å²) >= 11 is 0. The van der Waals surface area contributed by atoms with Gasteiger partial charge in [0.1, 0.15) is 17.3 Å². The minimum absolute atomic E-state index is 0.0193. The van der Waals surface area contributed by atoms with Gasteiger partial charge in [0, 0.05) is 18.6 Å². The number of phenolic OH excluding ortho intramolecular Hbond substituents is 1. The van der Waals surface area contributed by atoms with Gasteiger partial charge in [0.25, 0.3) is 5.69 Å². The van der Waals surface area contributed by atoms with Crippen molar-refractivity contribution in [3.8, 4) is 22.6 Å². The molecule has 0 heterocycles. The highest BCUT2D eigenvalue weighted by Crippen LogP contribution is 2.41. The molecule has 0 saturated carbocycles. The van der Waals surface area contributed by atoms with Gasteiger partial charge in [-0.05, 0) is 34.9 Å². The van der Waals surface area contributed by atoms with Gasteiger partial charge in [0.05, 0.1) is 17.6 Å². The maximum atomic E-state index is 13.1. The molecular formula is C20H16FNO4. The highest BCUT2D eigenvalue weighted by Gasteiger charge is 2.18. The fourth-order valence-corrected chi connectivity index (χ4v) is 2.80. The predicted octanol–water partition coefficient (Wildman–Crippen LogP) is 4.71. The molecule has 0 aromatic heterocycles. The number of aromatic hydroxyl groups is 1. The van der Waals surface area contributed by atoms with Crippen molar-refractivity contribution < 1.29 is 19.2 Å². The van der Waals surface area contributed by atoms with Gasteiger partial charge in [-0.2, -0.15) is 0 Å². The molecule has 0 aliphatic carbocycles. The van der Waals surface area contributed by atoms with E-state index in [0.29, 0.717) is 28.9 Å². The topological polar surface area (TPSA) is 72.6 Å². The number of ether oxygens (including phenoxy) is 1. The SMILES string of the molecule is COc1ccc(Cc2ccc(F)cc2)c(O)c1-c1cccc([N+](=O)[O-])c1. The molecule has 0 saturated heterocycles. The molecule has 0 radical (unpaired) electrons. The number of halogens is 1. The third kappa shape index (κ3) is 3.49. The van der Waals surface area contributed by atoms with Gasteiger partial charge < -0.3 is 9.84 Å². The number of nitro benzene ring substituents is 1. The molecule has 0 bridgehead atoms. The molecule has 0 amide bonds. The lowest BCUT2D eigenvalue weighted by molar-refractivity contribution is -0.384. The Kier molecular flexibility index (Phi) is 4.84. The van der Waals surface area contributed by atoms with Crippen molar-refractivity contribution >= 4 is 5.69 Å². The van der Waals surface area contributed by atoms with Crippen LogP contribution < -0.4 is 4.74 Å². The number of hydrogen-bond donors (Lipinski definition) is 1. The molecule has 0 aliphatic rings. The van der Waals surface area contributed by atoms with Crippen molar-refractivity contribution in [2.24, 2.45) is 0 Å². The third-order valence-electron chi connectivity index (χ3n) is 4.10. The number of methoxy groups -OCH3 is 1. The fourth-order valence-electron chi connectivity index (χ4n) is 2.80. The smallest absolute Gasteiger partial charge is 0.270 e. The van der Waals surface area contributed by atoms with Crippen LogP contribution >= 0.6 is 0 Å². The summed E-state index contributed by atoms with van der Waals surface area (Å²) in [5.41, 5.74) is 2.23. The Hall–Kier alpha value is -3.41. The maximum Gasteiger partial charge on any atom is 0.270 e. The van der Waals surface area contributed by atoms with E-state index in [2.05, 4.69) is 0 Å². The molecule has 0 atom stereocenters. The maximum absolute atomic E-state index is 13.1. The number of phenols is 1. The Morgan fingerprint density at radius 3 is 2.50 bits per heavy atom. The lowest BCUT2D eigenvalue weighted by Gasteiger charge is -2.14. The average Bonchev–Trinajstić information content (AvgIpc) is 2.65. The molecule has 1 N–H and O–H groups in total. The van der Waals surface area contributed by atoms with Crippen LogP contribution in [0.2, 0.25) is 0 Å². The normalized spacial score (nSPS) is 10.5. The van der Waals surface area contributed by atoms with E-state index in [1.54, 1.807) is 36.4 Å². The summed E-state index contributed by atoms with van der Waals surface area (Å²) in [6.07, 6.45) is 0.387. The van der Waals surface area contributed by atoms with Crippen molar-refractivity contribution in [3.05, 3.63) is 87.7 Å². The molecule has 3 aromatic carbocycles. The molecule has 132 valence electrons. The van der Waals surface area contributed by atoms with E-state index in [0.717, 1.165) is 5.56 Å². The number of nitro groups is 1. The molecule has 5 nitrogen and oxygen atoms in total. The monoisotopic (exact) mass is 353 g/mol. The molecule has 6 heteroatoms. The molecule has 0 fully saturated rings. The lowest BCUT2D eigenvalue weighted by atomic mass is 9.96. The molecule has 3 rings (SSSR count). The highest BCUT2D eigenvalue weighted by atomic mass is 19.1. The third-order valence-corrected chi connectivity index (χ3v) is 4.10.